The summed E-state index contributed by atoms with van der Waals surface area (Å²) < 4.78 is 11.8. The van der Waals surface area contributed by atoms with Crippen LogP contribution in [0.1, 0.15) is 12.1 Å². The molecule has 10 heteroatoms. The van der Waals surface area contributed by atoms with Gasteiger partial charge in [0.2, 0.25) is 5.91 Å². The number of nitrogens with zero attached hydrogens (tertiary/aromatic N) is 5. The van der Waals surface area contributed by atoms with E-state index < -0.39 is 0 Å². The Morgan fingerprint density at radius 1 is 1.05 bits per heavy atom. The van der Waals surface area contributed by atoms with Crippen LogP contribution in [0.5, 0.6) is 11.5 Å². The van der Waals surface area contributed by atoms with Crippen molar-refractivity contribution in [3.63, 3.8) is 0 Å². The molecule has 0 unspecified atom stereocenters. The number of fused-ring (bicyclic) bond motifs is 1. The normalized spacial score (nSPS) is 14.5. The smallest absolute Gasteiger partial charge is 0.230 e. The molecule has 1 amide bonds. The Bertz CT molecular complexity index is 1360. The fourth-order valence-electron chi connectivity index (χ4n) is 4.51. The monoisotopic (exact) mass is 532 g/mol. The average Bonchev–Trinajstić information content (AvgIpc) is 3.44. The number of carbonyl (C=O) groups is 1. The minimum atomic E-state index is -0.100. The van der Waals surface area contributed by atoms with Crippen LogP contribution in [-0.2, 0) is 11.2 Å². The summed E-state index contributed by atoms with van der Waals surface area (Å²) in [6.45, 7) is 6.09. The van der Waals surface area contributed by atoms with Gasteiger partial charge in [0.25, 0.3) is 0 Å². The van der Waals surface area contributed by atoms with Crippen molar-refractivity contribution < 1.29 is 14.3 Å². The Balaban J connectivity index is 1.25. The average molecular weight is 533 g/mol. The van der Waals surface area contributed by atoms with E-state index in [1.165, 1.54) is 11.3 Å². The lowest BCUT2D eigenvalue weighted by Gasteiger charge is -2.32. The number of ether oxygens (including phenoxy) is 2. The van der Waals surface area contributed by atoms with Gasteiger partial charge < -0.3 is 24.6 Å². The van der Waals surface area contributed by atoms with Gasteiger partial charge in [0, 0.05) is 60.8 Å². The second-order valence-electron chi connectivity index (χ2n) is 9.37. The highest BCUT2D eigenvalue weighted by atomic mass is 32.1. The summed E-state index contributed by atoms with van der Waals surface area (Å²) in [6, 6.07) is 11.5. The zero-order valence-corrected chi connectivity index (χ0v) is 22.5. The van der Waals surface area contributed by atoms with E-state index in [-0.39, 0.29) is 12.3 Å². The molecule has 38 heavy (non-hydrogen) atoms. The summed E-state index contributed by atoms with van der Waals surface area (Å²) in [4.78, 5) is 30.3. The molecule has 1 aliphatic heterocycles. The van der Waals surface area contributed by atoms with Crippen LogP contribution in [0, 0.1) is 0 Å². The molecule has 0 bridgehead atoms. The molecule has 1 aliphatic rings. The Labute approximate surface area is 226 Å². The van der Waals surface area contributed by atoms with Crippen molar-refractivity contribution in [2.45, 2.75) is 12.8 Å². The van der Waals surface area contributed by atoms with Crippen molar-refractivity contribution in [2.75, 3.05) is 58.8 Å². The highest BCUT2D eigenvalue weighted by Crippen LogP contribution is 2.35. The van der Waals surface area contributed by atoms with Crippen molar-refractivity contribution in [3.8, 4) is 22.8 Å². The van der Waals surface area contributed by atoms with Gasteiger partial charge in [-0.3, -0.25) is 4.79 Å². The number of carbonyl (C=O) groups excluding carboxylic acids is 1. The molecular formula is C28H32N6O3S. The lowest BCUT2D eigenvalue weighted by Crippen LogP contribution is -2.44. The number of likely N-dealkylation sites (N-methyl/N-ethyl adjacent to an activating group) is 1. The number of piperazine rings is 1. The molecule has 0 aliphatic carbocycles. The van der Waals surface area contributed by atoms with Gasteiger partial charge in [0.15, 0.2) is 11.5 Å². The fourth-order valence-corrected chi connectivity index (χ4v) is 5.07. The maximum Gasteiger partial charge on any atom is 0.230 e. The van der Waals surface area contributed by atoms with Crippen LogP contribution in [0.15, 0.2) is 53.6 Å². The minimum absolute atomic E-state index is 0.100. The Kier molecular flexibility index (Phi) is 8.42. The molecule has 9 nitrogen and oxygen atoms in total. The van der Waals surface area contributed by atoms with E-state index in [1.54, 1.807) is 18.9 Å². The van der Waals surface area contributed by atoms with Gasteiger partial charge in [0.05, 0.1) is 42.6 Å². The molecule has 2 aromatic heterocycles. The van der Waals surface area contributed by atoms with Crippen LogP contribution in [0.3, 0.4) is 0 Å². The third-order valence-corrected chi connectivity index (χ3v) is 7.30. The summed E-state index contributed by atoms with van der Waals surface area (Å²) in [6.07, 6.45) is 2.76. The number of methoxy groups -OCH3 is 1. The molecule has 0 radical (unpaired) electrons. The molecule has 0 saturated carbocycles. The van der Waals surface area contributed by atoms with Crippen molar-refractivity contribution >= 4 is 33.8 Å². The SMILES string of the molecule is COc1cc2c(-c3ccc(NC(=O)Cc4cscn4)cc3)ncnc2cc1OCCCN1CCN(C)CC1. The number of aromatic nitrogens is 3. The number of anilines is 1. The quantitative estimate of drug-likeness (QED) is 0.307. The maximum absolute atomic E-state index is 12.3. The number of rotatable bonds is 10. The number of amides is 1. The predicted molar refractivity (Wildman–Crippen MR) is 150 cm³/mol. The summed E-state index contributed by atoms with van der Waals surface area (Å²) in [5, 5.41) is 5.67. The molecule has 1 saturated heterocycles. The highest BCUT2D eigenvalue weighted by molar-refractivity contribution is 7.07. The predicted octanol–water partition coefficient (Wildman–Crippen LogP) is 3.96. The van der Waals surface area contributed by atoms with Gasteiger partial charge in [0.1, 0.15) is 6.33 Å². The molecule has 1 fully saturated rings. The Hall–Kier alpha value is -3.60. The van der Waals surface area contributed by atoms with Crippen molar-refractivity contribution in [2.24, 2.45) is 0 Å². The van der Waals surface area contributed by atoms with E-state index in [9.17, 15) is 4.79 Å². The first-order valence-corrected chi connectivity index (χ1v) is 13.7. The van der Waals surface area contributed by atoms with Crippen LogP contribution in [0.4, 0.5) is 5.69 Å². The molecule has 4 aromatic rings. The summed E-state index contributed by atoms with van der Waals surface area (Å²) in [5.74, 6) is 1.23. The standard InChI is InChI=1S/C28H32N6O3S/c1-33-9-11-34(12-10-33)8-3-13-37-26-16-24-23(15-25(26)36-2)28(30-18-29-24)20-4-6-21(7-5-20)32-27(35)14-22-17-38-19-31-22/h4-7,15-19H,3,8-14H2,1-2H3,(H,32,35). The van der Waals surface area contributed by atoms with E-state index in [0.29, 0.717) is 18.1 Å². The van der Waals surface area contributed by atoms with Crippen LogP contribution < -0.4 is 14.8 Å². The zero-order chi connectivity index (χ0) is 26.3. The lowest BCUT2D eigenvalue weighted by molar-refractivity contribution is -0.115. The van der Waals surface area contributed by atoms with E-state index in [2.05, 4.69) is 37.1 Å². The first kappa shape index (κ1) is 26.0. The first-order valence-electron chi connectivity index (χ1n) is 12.7. The number of nitrogens with one attached hydrogen (secondary N) is 1. The van der Waals surface area contributed by atoms with Gasteiger partial charge in [-0.2, -0.15) is 0 Å². The van der Waals surface area contributed by atoms with Gasteiger partial charge >= 0.3 is 0 Å². The summed E-state index contributed by atoms with van der Waals surface area (Å²) in [5.41, 5.74) is 5.70. The summed E-state index contributed by atoms with van der Waals surface area (Å²) in [7, 11) is 3.81. The topological polar surface area (TPSA) is 92.7 Å². The first-order chi connectivity index (χ1) is 18.6. The number of hydrogen-bond donors (Lipinski definition) is 1. The van der Waals surface area contributed by atoms with Crippen LogP contribution in [0.25, 0.3) is 22.2 Å². The van der Waals surface area contributed by atoms with Crippen molar-refractivity contribution in [3.05, 3.63) is 59.3 Å². The van der Waals surface area contributed by atoms with E-state index in [0.717, 1.165) is 72.7 Å². The van der Waals surface area contributed by atoms with Crippen LogP contribution in [0.2, 0.25) is 0 Å². The largest absolute Gasteiger partial charge is 0.493 e. The molecule has 198 valence electrons. The number of thiazole rings is 1. The third kappa shape index (κ3) is 6.45. The Morgan fingerprint density at radius 2 is 1.87 bits per heavy atom. The lowest BCUT2D eigenvalue weighted by atomic mass is 10.1. The molecule has 1 N–H and O–H groups in total. The van der Waals surface area contributed by atoms with E-state index in [4.69, 9.17) is 9.47 Å². The second kappa shape index (κ2) is 12.3. The molecule has 0 spiro atoms. The number of hydrogen-bond acceptors (Lipinski definition) is 9. The molecule has 0 atom stereocenters. The molecule has 3 heterocycles. The molecule has 2 aromatic carbocycles. The fraction of sp³-hybridized carbons (Fsp3) is 0.357. The third-order valence-electron chi connectivity index (χ3n) is 6.66. The van der Waals surface area contributed by atoms with E-state index in [1.807, 2.05) is 41.8 Å². The van der Waals surface area contributed by atoms with Gasteiger partial charge in [-0.25, -0.2) is 15.0 Å². The number of benzene rings is 2. The van der Waals surface area contributed by atoms with Gasteiger partial charge in [-0.1, -0.05) is 12.1 Å². The zero-order valence-electron chi connectivity index (χ0n) is 21.7. The van der Waals surface area contributed by atoms with Crippen molar-refractivity contribution in [1.29, 1.82) is 0 Å². The maximum atomic E-state index is 12.3. The van der Waals surface area contributed by atoms with E-state index >= 15 is 0 Å². The minimum Gasteiger partial charge on any atom is -0.493 e. The highest BCUT2D eigenvalue weighted by Gasteiger charge is 2.15. The molecular weight excluding hydrogens is 500 g/mol. The molecule has 5 rings (SSSR count). The second-order valence-corrected chi connectivity index (χ2v) is 10.1. The van der Waals surface area contributed by atoms with Crippen LogP contribution in [-0.4, -0.2) is 84.1 Å². The van der Waals surface area contributed by atoms with Gasteiger partial charge in [-0.05, 0) is 31.7 Å². The van der Waals surface area contributed by atoms with Crippen molar-refractivity contribution in [1.82, 2.24) is 24.8 Å². The van der Waals surface area contributed by atoms with Gasteiger partial charge in [-0.15, -0.1) is 11.3 Å². The Morgan fingerprint density at radius 3 is 2.61 bits per heavy atom. The summed E-state index contributed by atoms with van der Waals surface area (Å²) >= 11 is 1.48. The van der Waals surface area contributed by atoms with Crippen LogP contribution >= 0.6 is 11.3 Å².